The fraction of sp³-hybridized carbons (Fsp3) is 0.357. The Hall–Kier alpha value is -2.57. The summed E-state index contributed by atoms with van der Waals surface area (Å²) in [7, 11) is 0. The molecule has 0 spiro atoms. The van der Waals surface area contributed by atoms with Crippen molar-refractivity contribution in [2.24, 2.45) is 5.10 Å². The Morgan fingerprint density at radius 1 is 1.29 bits per heavy atom. The summed E-state index contributed by atoms with van der Waals surface area (Å²) >= 11 is 0. The van der Waals surface area contributed by atoms with Gasteiger partial charge >= 0.3 is 6.03 Å². The van der Waals surface area contributed by atoms with E-state index in [9.17, 15) is 14.7 Å². The van der Waals surface area contributed by atoms with E-state index in [0.717, 1.165) is 25.9 Å². The van der Waals surface area contributed by atoms with Crippen molar-refractivity contribution in [3.8, 4) is 5.75 Å². The smallest absolute Gasteiger partial charge is 0.335 e. The molecule has 0 aromatic heterocycles. The number of nitrogens with one attached hydrogen (secondary N) is 2. The number of carbonyl (C=O) groups excluding carboxylic acids is 2. The second-order valence-corrected chi connectivity index (χ2v) is 4.70. The van der Waals surface area contributed by atoms with E-state index in [0.29, 0.717) is 5.56 Å². The minimum Gasteiger partial charge on any atom is -0.507 e. The van der Waals surface area contributed by atoms with E-state index >= 15 is 0 Å². The fourth-order valence-electron chi connectivity index (χ4n) is 2.03. The van der Waals surface area contributed by atoms with Gasteiger partial charge in [-0.1, -0.05) is 12.1 Å². The number of para-hydroxylation sites is 1. The summed E-state index contributed by atoms with van der Waals surface area (Å²) in [4.78, 5) is 24.9. The number of nitrogens with zero attached hydrogens (tertiary/aromatic N) is 2. The van der Waals surface area contributed by atoms with Crippen LogP contribution in [0.3, 0.4) is 0 Å². The number of amides is 3. The number of rotatable bonds is 4. The second kappa shape index (κ2) is 7.28. The van der Waals surface area contributed by atoms with E-state index in [1.807, 2.05) is 0 Å². The van der Waals surface area contributed by atoms with E-state index in [-0.39, 0.29) is 18.2 Å². The van der Waals surface area contributed by atoms with Crippen LogP contribution in [-0.4, -0.2) is 47.8 Å². The Morgan fingerprint density at radius 2 is 2.00 bits per heavy atom. The molecule has 1 saturated heterocycles. The molecule has 7 nitrogen and oxygen atoms in total. The van der Waals surface area contributed by atoms with Gasteiger partial charge in [0, 0.05) is 18.7 Å². The van der Waals surface area contributed by atoms with Gasteiger partial charge in [0.05, 0.1) is 12.8 Å². The third kappa shape index (κ3) is 4.48. The highest BCUT2D eigenvalue weighted by Gasteiger charge is 2.17. The van der Waals surface area contributed by atoms with Gasteiger partial charge in [-0.05, 0) is 25.0 Å². The normalized spacial score (nSPS) is 14.4. The molecule has 112 valence electrons. The Balaban J connectivity index is 1.72. The first kappa shape index (κ1) is 14.8. The topological polar surface area (TPSA) is 94.0 Å². The number of benzene rings is 1. The van der Waals surface area contributed by atoms with Crippen molar-refractivity contribution >= 4 is 18.2 Å². The summed E-state index contributed by atoms with van der Waals surface area (Å²) in [6.45, 7) is 1.47. The number of phenols is 1. The molecule has 1 heterocycles. The average molecular weight is 290 g/mol. The highest BCUT2D eigenvalue weighted by molar-refractivity contribution is 5.86. The lowest BCUT2D eigenvalue weighted by Crippen LogP contribution is -2.41. The standard InChI is InChI=1S/C14H18N4O3/c19-12-6-2-1-5-11(12)9-16-17-14(21)15-10-13(20)18-7-3-4-8-18/h1-2,5-6,9,19H,3-4,7-8,10H2,(H2,15,17,21)/b16-9-. The molecule has 21 heavy (non-hydrogen) atoms. The van der Waals surface area contributed by atoms with Crippen LogP contribution in [0.5, 0.6) is 5.75 Å². The van der Waals surface area contributed by atoms with Gasteiger partial charge in [-0.25, -0.2) is 10.2 Å². The molecule has 1 fully saturated rings. The highest BCUT2D eigenvalue weighted by atomic mass is 16.3. The number of hydrogen-bond donors (Lipinski definition) is 3. The second-order valence-electron chi connectivity index (χ2n) is 4.70. The lowest BCUT2D eigenvalue weighted by molar-refractivity contribution is -0.128. The molecule has 1 aromatic rings. The average Bonchev–Trinajstić information content (AvgIpc) is 3.01. The summed E-state index contributed by atoms with van der Waals surface area (Å²) in [6, 6.07) is 6.06. The number of carbonyl (C=O) groups is 2. The number of phenolic OH excluding ortho intramolecular Hbond substituents is 1. The fourth-order valence-corrected chi connectivity index (χ4v) is 2.03. The largest absolute Gasteiger partial charge is 0.507 e. The minimum absolute atomic E-state index is 0.0437. The van der Waals surface area contributed by atoms with Gasteiger partial charge in [-0.2, -0.15) is 5.10 Å². The molecule has 3 N–H and O–H groups in total. The maximum absolute atomic E-state index is 11.7. The van der Waals surface area contributed by atoms with Crippen LogP contribution in [-0.2, 0) is 4.79 Å². The van der Waals surface area contributed by atoms with Crippen molar-refractivity contribution in [3.63, 3.8) is 0 Å². The lowest BCUT2D eigenvalue weighted by atomic mass is 10.2. The third-order valence-corrected chi connectivity index (χ3v) is 3.17. The molecule has 0 unspecified atom stereocenters. The van der Waals surface area contributed by atoms with E-state index in [1.54, 1.807) is 23.1 Å². The molecule has 2 rings (SSSR count). The van der Waals surface area contributed by atoms with Crippen LogP contribution in [0.1, 0.15) is 18.4 Å². The van der Waals surface area contributed by atoms with Crippen LogP contribution < -0.4 is 10.7 Å². The van der Waals surface area contributed by atoms with Crippen LogP contribution in [0, 0.1) is 0 Å². The van der Waals surface area contributed by atoms with Crippen molar-refractivity contribution in [2.45, 2.75) is 12.8 Å². The lowest BCUT2D eigenvalue weighted by Gasteiger charge is -2.15. The molecule has 7 heteroatoms. The van der Waals surface area contributed by atoms with Crippen LogP contribution in [0.4, 0.5) is 4.79 Å². The zero-order chi connectivity index (χ0) is 15.1. The van der Waals surface area contributed by atoms with Gasteiger partial charge in [0.1, 0.15) is 5.75 Å². The Kier molecular flexibility index (Phi) is 5.14. The first-order chi connectivity index (χ1) is 10.2. The van der Waals surface area contributed by atoms with Crippen molar-refractivity contribution < 1.29 is 14.7 Å². The molecule has 0 bridgehead atoms. The summed E-state index contributed by atoms with van der Waals surface area (Å²) < 4.78 is 0. The highest BCUT2D eigenvalue weighted by Crippen LogP contribution is 2.12. The number of hydrogen-bond acceptors (Lipinski definition) is 4. The predicted molar refractivity (Wildman–Crippen MR) is 78.0 cm³/mol. The van der Waals surface area contributed by atoms with Crippen molar-refractivity contribution in [1.82, 2.24) is 15.6 Å². The van der Waals surface area contributed by atoms with Crippen LogP contribution in [0.15, 0.2) is 29.4 Å². The van der Waals surface area contributed by atoms with Crippen LogP contribution >= 0.6 is 0 Å². The van der Waals surface area contributed by atoms with Crippen molar-refractivity contribution in [1.29, 1.82) is 0 Å². The van der Waals surface area contributed by atoms with Gasteiger partial charge in [-0.15, -0.1) is 0 Å². The molecular weight excluding hydrogens is 272 g/mol. The van der Waals surface area contributed by atoms with E-state index in [1.165, 1.54) is 12.3 Å². The van der Waals surface area contributed by atoms with Gasteiger partial charge in [0.15, 0.2) is 0 Å². The quantitative estimate of drug-likeness (QED) is 0.561. The summed E-state index contributed by atoms with van der Waals surface area (Å²) in [5.41, 5.74) is 2.73. The summed E-state index contributed by atoms with van der Waals surface area (Å²) in [5, 5.41) is 15.7. The molecule has 1 aliphatic heterocycles. The van der Waals surface area contributed by atoms with E-state index < -0.39 is 6.03 Å². The third-order valence-electron chi connectivity index (χ3n) is 3.17. The maximum Gasteiger partial charge on any atom is 0.335 e. The summed E-state index contributed by atoms with van der Waals surface area (Å²) in [6.07, 6.45) is 3.36. The Labute approximate surface area is 122 Å². The molecule has 0 aliphatic carbocycles. The van der Waals surface area contributed by atoms with Gasteiger partial charge in [0.2, 0.25) is 5.91 Å². The van der Waals surface area contributed by atoms with Crippen LogP contribution in [0.2, 0.25) is 0 Å². The molecule has 0 radical (unpaired) electrons. The molecular formula is C14H18N4O3. The number of hydrazone groups is 1. The molecule has 1 aliphatic rings. The maximum atomic E-state index is 11.7. The Bertz CT molecular complexity index is 539. The summed E-state index contributed by atoms with van der Waals surface area (Å²) in [5.74, 6) is -0.0139. The zero-order valence-electron chi connectivity index (χ0n) is 11.6. The molecule has 3 amide bonds. The molecule has 0 saturated carbocycles. The minimum atomic E-state index is -0.561. The van der Waals surface area contributed by atoms with Crippen molar-refractivity contribution in [2.75, 3.05) is 19.6 Å². The first-order valence-electron chi connectivity index (χ1n) is 6.79. The van der Waals surface area contributed by atoms with Gasteiger partial charge in [-0.3, -0.25) is 4.79 Å². The van der Waals surface area contributed by atoms with Gasteiger partial charge < -0.3 is 15.3 Å². The van der Waals surface area contributed by atoms with Crippen molar-refractivity contribution in [3.05, 3.63) is 29.8 Å². The first-order valence-corrected chi connectivity index (χ1v) is 6.79. The number of aromatic hydroxyl groups is 1. The van der Waals surface area contributed by atoms with Gasteiger partial charge in [0.25, 0.3) is 0 Å². The monoisotopic (exact) mass is 290 g/mol. The van der Waals surface area contributed by atoms with E-state index in [4.69, 9.17) is 0 Å². The molecule has 1 aromatic carbocycles. The number of likely N-dealkylation sites (tertiary alicyclic amines) is 1. The molecule has 0 atom stereocenters. The van der Waals surface area contributed by atoms with E-state index in [2.05, 4.69) is 15.8 Å². The Morgan fingerprint density at radius 3 is 2.71 bits per heavy atom. The zero-order valence-corrected chi connectivity index (χ0v) is 11.6. The SMILES string of the molecule is O=C(NCC(=O)N1CCCC1)N/N=C\c1ccccc1O. The predicted octanol–water partition coefficient (Wildman–Crippen LogP) is 0.648. The number of urea groups is 1. The van der Waals surface area contributed by atoms with Crippen LogP contribution in [0.25, 0.3) is 0 Å².